The van der Waals surface area contributed by atoms with Crippen molar-refractivity contribution < 1.29 is 9.18 Å². The quantitative estimate of drug-likeness (QED) is 0.749. The first-order valence-corrected chi connectivity index (χ1v) is 8.39. The van der Waals surface area contributed by atoms with E-state index in [0.717, 1.165) is 50.9 Å². The van der Waals surface area contributed by atoms with Crippen molar-refractivity contribution in [1.29, 1.82) is 0 Å². The van der Waals surface area contributed by atoms with E-state index in [9.17, 15) is 9.18 Å². The van der Waals surface area contributed by atoms with Gasteiger partial charge in [0.1, 0.15) is 5.82 Å². The number of amides is 1. The average molecular weight is 306 g/mol. The minimum Gasteiger partial charge on any atom is -0.355 e. The number of benzene rings is 1. The number of halogens is 1. The van der Waals surface area contributed by atoms with Crippen molar-refractivity contribution in [3.05, 3.63) is 35.6 Å². The molecule has 4 heteroatoms. The second kappa shape index (κ2) is 7.73. The summed E-state index contributed by atoms with van der Waals surface area (Å²) in [5.41, 5.74) is 0.518. The Morgan fingerprint density at radius 1 is 1.23 bits per heavy atom. The fourth-order valence-electron chi connectivity index (χ4n) is 3.16. The molecule has 0 saturated heterocycles. The molecule has 0 spiro atoms. The lowest BCUT2D eigenvalue weighted by molar-refractivity contribution is -0.129. The highest BCUT2D eigenvalue weighted by Crippen LogP contribution is 2.43. The lowest BCUT2D eigenvalue weighted by atomic mass is 9.64. The molecule has 1 saturated carbocycles. The van der Waals surface area contributed by atoms with E-state index < -0.39 is 5.41 Å². The SMILES string of the molecule is CCN(CC)CCCNC(=O)C1(c2ccc(F)cc2)CCC1. The first-order valence-electron chi connectivity index (χ1n) is 8.39. The van der Waals surface area contributed by atoms with E-state index in [1.165, 1.54) is 12.1 Å². The van der Waals surface area contributed by atoms with Crippen molar-refractivity contribution in [2.45, 2.75) is 44.9 Å². The summed E-state index contributed by atoms with van der Waals surface area (Å²) in [6.07, 6.45) is 3.75. The third-order valence-electron chi connectivity index (χ3n) is 4.87. The molecule has 22 heavy (non-hydrogen) atoms. The van der Waals surface area contributed by atoms with Gasteiger partial charge in [-0.2, -0.15) is 0 Å². The highest BCUT2D eigenvalue weighted by Gasteiger charge is 2.45. The maximum Gasteiger partial charge on any atom is 0.230 e. The lowest BCUT2D eigenvalue weighted by Gasteiger charge is -2.40. The highest BCUT2D eigenvalue weighted by molar-refractivity contribution is 5.89. The zero-order valence-electron chi connectivity index (χ0n) is 13.7. The summed E-state index contributed by atoms with van der Waals surface area (Å²) >= 11 is 0. The minimum absolute atomic E-state index is 0.102. The van der Waals surface area contributed by atoms with Crippen molar-refractivity contribution >= 4 is 5.91 Å². The topological polar surface area (TPSA) is 32.3 Å². The van der Waals surface area contributed by atoms with E-state index >= 15 is 0 Å². The Morgan fingerprint density at radius 3 is 2.36 bits per heavy atom. The van der Waals surface area contributed by atoms with Gasteiger partial charge >= 0.3 is 0 Å². The number of rotatable bonds is 8. The zero-order chi connectivity index (χ0) is 16.0. The first kappa shape index (κ1) is 16.9. The number of nitrogens with zero attached hydrogens (tertiary/aromatic N) is 1. The van der Waals surface area contributed by atoms with Gasteiger partial charge in [0.25, 0.3) is 0 Å². The van der Waals surface area contributed by atoms with Crippen molar-refractivity contribution in [3.8, 4) is 0 Å². The van der Waals surface area contributed by atoms with Gasteiger partial charge in [0.2, 0.25) is 5.91 Å². The molecule has 1 aromatic carbocycles. The molecule has 3 nitrogen and oxygen atoms in total. The maximum absolute atomic E-state index is 13.1. The molecular weight excluding hydrogens is 279 g/mol. The zero-order valence-corrected chi connectivity index (χ0v) is 13.7. The highest BCUT2D eigenvalue weighted by atomic mass is 19.1. The normalized spacial score (nSPS) is 16.4. The first-order chi connectivity index (χ1) is 10.6. The van der Waals surface area contributed by atoms with Crippen LogP contribution in [-0.2, 0) is 10.2 Å². The Kier molecular flexibility index (Phi) is 5.95. The maximum atomic E-state index is 13.1. The van der Waals surface area contributed by atoms with Crippen LogP contribution in [0.4, 0.5) is 4.39 Å². The van der Waals surface area contributed by atoms with Crippen LogP contribution < -0.4 is 5.32 Å². The van der Waals surface area contributed by atoms with E-state index in [2.05, 4.69) is 24.1 Å². The molecule has 0 aromatic heterocycles. The number of nitrogens with one attached hydrogen (secondary N) is 1. The second-order valence-corrected chi connectivity index (χ2v) is 6.08. The molecule has 1 aromatic rings. The van der Waals surface area contributed by atoms with E-state index in [4.69, 9.17) is 0 Å². The second-order valence-electron chi connectivity index (χ2n) is 6.08. The Balaban J connectivity index is 1.88. The summed E-state index contributed by atoms with van der Waals surface area (Å²) in [7, 11) is 0. The third-order valence-corrected chi connectivity index (χ3v) is 4.87. The molecule has 2 rings (SSSR count). The number of carbonyl (C=O) groups excluding carboxylic acids is 1. The lowest BCUT2D eigenvalue weighted by Crippen LogP contribution is -2.49. The van der Waals surface area contributed by atoms with Gasteiger partial charge < -0.3 is 10.2 Å². The fraction of sp³-hybridized carbons (Fsp3) is 0.611. The van der Waals surface area contributed by atoms with Crippen molar-refractivity contribution in [2.24, 2.45) is 0 Å². The van der Waals surface area contributed by atoms with Crippen LogP contribution >= 0.6 is 0 Å². The van der Waals surface area contributed by atoms with Crippen molar-refractivity contribution in [1.82, 2.24) is 10.2 Å². The predicted molar refractivity (Wildman–Crippen MR) is 87.3 cm³/mol. The Hall–Kier alpha value is -1.42. The molecule has 0 aliphatic heterocycles. The number of carbonyl (C=O) groups is 1. The molecule has 1 aliphatic carbocycles. The van der Waals surface area contributed by atoms with Crippen LogP contribution in [0.3, 0.4) is 0 Å². The van der Waals surface area contributed by atoms with Gasteiger partial charge in [0, 0.05) is 6.54 Å². The van der Waals surface area contributed by atoms with Crippen LogP contribution in [0.15, 0.2) is 24.3 Å². The molecule has 1 amide bonds. The minimum atomic E-state index is -0.428. The van der Waals surface area contributed by atoms with Crippen LogP contribution in [0.25, 0.3) is 0 Å². The van der Waals surface area contributed by atoms with Gasteiger partial charge in [-0.25, -0.2) is 4.39 Å². The number of hydrogen-bond acceptors (Lipinski definition) is 2. The molecule has 0 heterocycles. The van der Waals surface area contributed by atoms with Crippen LogP contribution in [0, 0.1) is 5.82 Å². The molecule has 1 fully saturated rings. The summed E-state index contributed by atoms with van der Waals surface area (Å²) < 4.78 is 13.1. The molecule has 1 aliphatic rings. The predicted octanol–water partition coefficient (Wildman–Crippen LogP) is 3.10. The van der Waals surface area contributed by atoms with Gasteiger partial charge in [-0.1, -0.05) is 32.4 Å². The average Bonchev–Trinajstić information content (AvgIpc) is 2.48. The molecule has 0 atom stereocenters. The van der Waals surface area contributed by atoms with Crippen LogP contribution in [-0.4, -0.2) is 37.0 Å². The van der Waals surface area contributed by atoms with Gasteiger partial charge in [0.15, 0.2) is 0 Å². The molecule has 1 N–H and O–H groups in total. The van der Waals surface area contributed by atoms with E-state index in [1.807, 2.05) is 0 Å². The smallest absolute Gasteiger partial charge is 0.230 e. The van der Waals surface area contributed by atoms with Gasteiger partial charge in [-0.05, 0) is 56.6 Å². The summed E-state index contributed by atoms with van der Waals surface area (Å²) in [5, 5.41) is 3.08. The third kappa shape index (κ3) is 3.67. The van der Waals surface area contributed by atoms with Crippen LogP contribution in [0.2, 0.25) is 0 Å². The van der Waals surface area contributed by atoms with Crippen LogP contribution in [0.5, 0.6) is 0 Å². The van der Waals surface area contributed by atoms with Crippen molar-refractivity contribution in [3.63, 3.8) is 0 Å². The summed E-state index contributed by atoms with van der Waals surface area (Å²) in [6.45, 7) is 8.11. The fourth-order valence-corrected chi connectivity index (χ4v) is 3.16. The van der Waals surface area contributed by atoms with Gasteiger partial charge in [-0.15, -0.1) is 0 Å². The molecule has 122 valence electrons. The Bertz CT molecular complexity index is 478. The van der Waals surface area contributed by atoms with E-state index in [1.54, 1.807) is 12.1 Å². The largest absolute Gasteiger partial charge is 0.355 e. The van der Waals surface area contributed by atoms with Crippen LogP contribution in [0.1, 0.15) is 45.1 Å². The monoisotopic (exact) mass is 306 g/mol. The Morgan fingerprint density at radius 2 is 1.86 bits per heavy atom. The van der Waals surface area contributed by atoms with E-state index in [-0.39, 0.29) is 11.7 Å². The van der Waals surface area contributed by atoms with Gasteiger partial charge in [0.05, 0.1) is 5.41 Å². The van der Waals surface area contributed by atoms with E-state index in [0.29, 0.717) is 6.54 Å². The van der Waals surface area contributed by atoms with Crippen molar-refractivity contribution in [2.75, 3.05) is 26.2 Å². The molecular formula is C18H27FN2O. The number of hydrogen-bond donors (Lipinski definition) is 1. The standard InChI is InChI=1S/C18H27FN2O/c1-3-21(4-2)14-6-13-20-17(22)18(11-5-12-18)15-7-9-16(19)10-8-15/h7-10H,3-6,11-14H2,1-2H3,(H,20,22). The van der Waals surface area contributed by atoms with Gasteiger partial charge in [-0.3, -0.25) is 4.79 Å². The summed E-state index contributed by atoms with van der Waals surface area (Å²) in [4.78, 5) is 15.0. The summed E-state index contributed by atoms with van der Waals surface area (Å²) in [5.74, 6) is -0.150. The Labute approximate surface area is 132 Å². The molecule has 0 bridgehead atoms. The molecule has 0 radical (unpaired) electrons. The molecule has 0 unspecified atom stereocenters. The summed E-state index contributed by atoms with van der Waals surface area (Å²) in [6, 6.07) is 6.40.